The summed E-state index contributed by atoms with van der Waals surface area (Å²) in [5.41, 5.74) is 0.929. The number of benzene rings is 1. The lowest BCUT2D eigenvalue weighted by Crippen LogP contribution is -2.26. The van der Waals surface area contributed by atoms with Gasteiger partial charge in [0.05, 0.1) is 11.1 Å². The highest BCUT2D eigenvalue weighted by atomic mass is 16.4. The summed E-state index contributed by atoms with van der Waals surface area (Å²) < 4.78 is 0. The van der Waals surface area contributed by atoms with Gasteiger partial charge in [0, 0.05) is 25.1 Å². The van der Waals surface area contributed by atoms with Crippen LogP contribution in [-0.2, 0) is 0 Å². The molecule has 2 rings (SSSR count). The first-order valence-electron chi connectivity index (χ1n) is 6.66. The summed E-state index contributed by atoms with van der Waals surface area (Å²) in [6, 6.07) is 8.82. The molecular formula is C15H18N2O3. The number of hydrogen-bond acceptors (Lipinski definition) is 4. The van der Waals surface area contributed by atoms with Crippen molar-refractivity contribution < 1.29 is 15.0 Å². The van der Waals surface area contributed by atoms with Gasteiger partial charge in [0.15, 0.2) is 0 Å². The van der Waals surface area contributed by atoms with Gasteiger partial charge in [-0.3, -0.25) is 0 Å². The van der Waals surface area contributed by atoms with E-state index < -0.39 is 5.97 Å². The van der Waals surface area contributed by atoms with Gasteiger partial charge in [0.25, 0.3) is 0 Å². The molecule has 0 amide bonds. The molecular weight excluding hydrogens is 256 g/mol. The molecule has 0 aliphatic heterocycles. The number of carboxylic acids is 1. The van der Waals surface area contributed by atoms with Crippen molar-refractivity contribution in [1.82, 2.24) is 4.98 Å². The average Bonchev–Trinajstić information content (AvgIpc) is 2.47. The minimum Gasteiger partial charge on any atom is -0.478 e. The van der Waals surface area contributed by atoms with Crippen LogP contribution in [0.3, 0.4) is 0 Å². The molecule has 1 aromatic heterocycles. The number of hydrogen-bond donors (Lipinski definition) is 2. The number of para-hydroxylation sites is 1. The standard InChI is InChI=1S/C15H18N2O3/c1-2-17(8-5-9-18)14-10-12(15(19)20)11-6-3-4-7-13(11)16-14/h3-4,6-7,10,18H,2,5,8-9H2,1H3,(H,19,20). The molecule has 0 bridgehead atoms. The lowest BCUT2D eigenvalue weighted by atomic mass is 10.1. The van der Waals surface area contributed by atoms with Crippen molar-refractivity contribution in [3.63, 3.8) is 0 Å². The second-order valence-corrected chi connectivity index (χ2v) is 4.51. The molecule has 0 aliphatic rings. The van der Waals surface area contributed by atoms with Gasteiger partial charge in [0.1, 0.15) is 5.82 Å². The number of rotatable bonds is 6. The van der Waals surface area contributed by atoms with E-state index in [1.165, 1.54) is 0 Å². The van der Waals surface area contributed by atoms with Gasteiger partial charge in [-0.05, 0) is 25.5 Å². The highest BCUT2D eigenvalue weighted by Crippen LogP contribution is 2.23. The minimum atomic E-state index is -0.955. The van der Waals surface area contributed by atoms with Gasteiger partial charge >= 0.3 is 5.97 Å². The number of aliphatic hydroxyl groups is 1. The second-order valence-electron chi connectivity index (χ2n) is 4.51. The molecule has 0 aliphatic carbocycles. The Morgan fingerprint density at radius 2 is 2.10 bits per heavy atom. The third-order valence-electron chi connectivity index (χ3n) is 3.22. The van der Waals surface area contributed by atoms with Gasteiger partial charge < -0.3 is 15.1 Å². The third-order valence-corrected chi connectivity index (χ3v) is 3.22. The fourth-order valence-corrected chi connectivity index (χ4v) is 2.20. The van der Waals surface area contributed by atoms with Crippen molar-refractivity contribution in [3.05, 3.63) is 35.9 Å². The van der Waals surface area contributed by atoms with E-state index in [2.05, 4.69) is 4.98 Å². The first-order chi connectivity index (χ1) is 9.67. The van der Waals surface area contributed by atoms with E-state index in [9.17, 15) is 9.90 Å². The molecule has 0 spiro atoms. The van der Waals surface area contributed by atoms with Gasteiger partial charge in [0.2, 0.25) is 0 Å². The van der Waals surface area contributed by atoms with Crippen LogP contribution in [0.5, 0.6) is 0 Å². The average molecular weight is 274 g/mol. The van der Waals surface area contributed by atoms with E-state index in [0.717, 1.165) is 0 Å². The SMILES string of the molecule is CCN(CCCO)c1cc(C(=O)O)c2ccccc2n1. The molecule has 0 radical (unpaired) electrons. The fourth-order valence-electron chi connectivity index (χ4n) is 2.20. The maximum atomic E-state index is 11.4. The first kappa shape index (κ1) is 14.3. The normalized spacial score (nSPS) is 10.7. The van der Waals surface area contributed by atoms with E-state index in [4.69, 9.17) is 5.11 Å². The molecule has 0 saturated heterocycles. The molecule has 1 aromatic carbocycles. The molecule has 0 unspecified atom stereocenters. The third kappa shape index (κ3) is 2.88. The summed E-state index contributed by atoms with van der Waals surface area (Å²) in [6.07, 6.45) is 0.630. The van der Waals surface area contributed by atoms with Crippen molar-refractivity contribution in [1.29, 1.82) is 0 Å². The molecule has 2 N–H and O–H groups in total. The number of pyridine rings is 1. The molecule has 5 heteroatoms. The molecule has 1 heterocycles. The summed E-state index contributed by atoms with van der Waals surface area (Å²) in [5, 5.41) is 18.9. The van der Waals surface area contributed by atoms with Crippen LogP contribution in [-0.4, -0.2) is 40.9 Å². The van der Waals surface area contributed by atoms with Crippen LogP contribution in [0.4, 0.5) is 5.82 Å². The van der Waals surface area contributed by atoms with Gasteiger partial charge in [-0.25, -0.2) is 9.78 Å². The van der Waals surface area contributed by atoms with Crippen molar-refractivity contribution in [2.24, 2.45) is 0 Å². The number of aliphatic hydroxyl groups excluding tert-OH is 1. The lowest BCUT2D eigenvalue weighted by Gasteiger charge is -2.22. The minimum absolute atomic E-state index is 0.107. The maximum absolute atomic E-state index is 11.4. The van der Waals surface area contributed by atoms with E-state index >= 15 is 0 Å². The molecule has 2 aromatic rings. The molecule has 106 valence electrons. The Morgan fingerprint density at radius 3 is 2.75 bits per heavy atom. The largest absolute Gasteiger partial charge is 0.478 e. The van der Waals surface area contributed by atoms with Crippen LogP contribution in [0.15, 0.2) is 30.3 Å². The van der Waals surface area contributed by atoms with Crippen LogP contribution in [0, 0.1) is 0 Å². The zero-order valence-electron chi connectivity index (χ0n) is 11.4. The van der Waals surface area contributed by atoms with Crippen LogP contribution in [0.2, 0.25) is 0 Å². The predicted molar refractivity (Wildman–Crippen MR) is 78.3 cm³/mol. The smallest absolute Gasteiger partial charge is 0.336 e. The zero-order valence-corrected chi connectivity index (χ0v) is 11.4. The number of aromatic nitrogens is 1. The monoisotopic (exact) mass is 274 g/mol. The Bertz CT molecular complexity index is 613. The number of aromatic carboxylic acids is 1. The van der Waals surface area contributed by atoms with Crippen LogP contribution < -0.4 is 4.90 Å². The molecule has 0 atom stereocenters. The first-order valence-corrected chi connectivity index (χ1v) is 6.66. The lowest BCUT2D eigenvalue weighted by molar-refractivity contribution is 0.0699. The summed E-state index contributed by atoms with van der Waals surface area (Å²) in [7, 11) is 0. The molecule has 0 saturated carbocycles. The van der Waals surface area contributed by atoms with E-state index in [1.807, 2.05) is 24.0 Å². The van der Waals surface area contributed by atoms with Crippen molar-refractivity contribution in [2.75, 3.05) is 24.6 Å². The Morgan fingerprint density at radius 1 is 1.35 bits per heavy atom. The highest BCUT2D eigenvalue weighted by Gasteiger charge is 2.14. The van der Waals surface area contributed by atoms with E-state index in [1.54, 1.807) is 18.2 Å². The molecule has 0 fully saturated rings. The summed E-state index contributed by atoms with van der Waals surface area (Å²) in [4.78, 5) is 17.9. The van der Waals surface area contributed by atoms with E-state index in [0.29, 0.717) is 36.2 Å². The number of anilines is 1. The van der Waals surface area contributed by atoms with Gasteiger partial charge in [-0.1, -0.05) is 18.2 Å². The summed E-state index contributed by atoms with van der Waals surface area (Å²) in [6.45, 7) is 3.45. The summed E-state index contributed by atoms with van der Waals surface area (Å²) >= 11 is 0. The molecule has 5 nitrogen and oxygen atoms in total. The van der Waals surface area contributed by atoms with Crippen molar-refractivity contribution in [2.45, 2.75) is 13.3 Å². The Kier molecular flexibility index (Phi) is 4.53. The van der Waals surface area contributed by atoms with Gasteiger partial charge in [-0.2, -0.15) is 0 Å². The topological polar surface area (TPSA) is 73.7 Å². The van der Waals surface area contributed by atoms with Crippen molar-refractivity contribution in [3.8, 4) is 0 Å². The molecule has 20 heavy (non-hydrogen) atoms. The van der Waals surface area contributed by atoms with Crippen LogP contribution >= 0.6 is 0 Å². The quantitative estimate of drug-likeness (QED) is 0.844. The Hall–Kier alpha value is -2.14. The maximum Gasteiger partial charge on any atom is 0.336 e. The Labute approximate surface area is 117 Å². The van der Waals surface area contributed by atoms with Crippen LogP contribution in [0.25, 0.3) is 10.9 Å². The zero-order chi connectivity index (χ0) is 14.5. The van der Waals surface area contributed by atoms with Gasteiger partial charge in [-0.15, -0.1) is 0 Å². The second kappa shape index (κ2) is 6.34. The predicted octanol–water partition coefficient (Wildman–Crippen LogP) is 2.14. The fraction of sp³-hybridized carbons (Fsp3) is 0.333. The summed E-state index contributed by atoms with van der Waals surface area (Å²) in [5.74, 6) is -0.319. The van der Waals surface area contributed by atoms with Crippen molar-refractivity contribution >= 4 is 22.7 Å². The highest BCUT2D eigenvalue weighted by molar-refractivity contribution is 6.03. The van der Waals surface area contributed by atoms with E-state index in [-0.39, 0.29) is 12.2 Å². The number of carboxylic acid groups (broad SMARTS) is 1. The number of carbonyl (C=O) groups is 1. The van der Waals surface area contributed by atoms with Crippen LogP contribution in [0.1, 0.15) is 23.7 Å². The number of nitrogens with zero attached hydrogens (tertiary/aromatic N) is 2. The number of fused-ring (bicyclic) bond motifs is 1. The Balaban J connectivity index is 2.51.